The van der Waals surface area contributed by atoms with Crippen molar-refractivity contribution in [1.29, 1.82) is 0 Å². The van der Waals surface area contributed by atoms with Crippen LogP contribution in [0.2, 0.25) is 0 Å². The molecule has 4 heteroatoms. The summed E-state index contributed by atoms with van der Waals surface area (Å²) in [5, 5.41) is 0. The van der Waals surface area contributed by atoms with Gasteiger partial charge in [-0.25, -0.2) is 18.7 Å². The minimum Gasteiger partial charge on any atom is -0.236 e. The smallest absolute Gasteiger partial charge is 0.159 e. The zero-order chi connectivity index (χ0) is 20.6. The molecule has 1 aliphatic rings. The van der Waals surface area contributed by atoms with Gasteiger partial charge in [-0.05, 0) is 62.1 Å². The van der Waals surface area contributed by atoms with Gasteiger partial charge in [0.15, 0.2) is 5.82 Å². The molecule has 1 aromatic heterocycles. The molecular weight excluding hydrogens is 366 g/mol. The maximum absolute atomic E-state index is 14.6. The van der Waals surface area contributed by atoms with E-state index in [-0.39, 0.29) is 11.5 Å². The van der Waals surface area contributed by atoms with E-state index in [1.165, 1.54) is 37.8 Å². The number of hydrogen-bond donors (Lipinski definition) is 0. The highest BCUT2D eigenvalue weighted by atomic mass is 19.1. The standard InChI is InChI=1S/C25H30F2N2/c1-3-5-7-20-16-28-25(29-17-20)21-14-23(26)22(24(27)15-21)13-12-19-10-8-18(6-4-2)9-11-19/h14-19H,3-11H2,1-2H3/t18-,19-. The van der Waals surface area contributed by atoms with Gasteiger partial charge in [0, 0.05) is 23.9 Å². The van der Waals surface area contributed by atoms with Crippen LogP contribution in [0.1, 0.15) is 76.3 Å². The summed E-state index contributed by atoms with van der Waals surface area (Å²) in [6, 6.07) is 2.57. The first-order valence-corrected chi connectivity index (χ1v) is 10.9. The predicted molar refractivity (Wildman–Crippen MR) is 113 cm³/mol. The molecule has 0 unspecified atom stereocenters. The number of unbranched alkanes of at least 4 members (excludes halogenated alkanes) is 1. The first-order chi connectivity index (χ1) is 14.1. The van der Waals surface area contributed by atoms with Gasteiger partial charge < -0.3 is 0 Å². The average Bonchev–Trinajstić information content (AvgIpc) is 2.73. The summed E-state index contributed by atoms with van der Waals surface area (Å²) in [7, 11) is 0. The predicted octanol–water partition coefficient (Wildman–Crippen LogP) is 6.72. The Labute approximate surface area is 173 Å². The summed E-state index contributed by atoms with van der Waals surface area (Å²) in [5.41, 5.74) is 1.23. The molecule has 2 nitrogen and oxygen atoms in total. The molecule has 0 amide bonds. The highest BCUT2D eigenvalue weighted by Crippen LogP contribution is 2.31. The summed E-state index contributed by atoms with van der Waals surface area (Å²) >= 11 is 0. The van der Waals surface area contributed by atoms with Gasteiger partial charge in [-0.3, -0.25) is 0 Å². The largest absolute Gasteiger partial charge is 0.236 e. The molecule has 0 N–H and O–H groups in total. The van der Waals surface area contributed by atoms with E-state index in [1.807, 2.05) is 0 Å². The monoisotopic (exact) mass is 396 g/mol. The first-order valence-electron chi connectivity index (χ1n) is 10.9. The maximum Gasteiger partial charge on any atom is 0.159 e. The van der Waals surface area contributed by atoms with E-state index in [0.29, 0.717) is 11.4 Å². The van der Waals surface area contributed by atoms with Crippen LogP contribution in [0.3, 0.4) is 0 Å². The zero-order valence-electron chi connectivity index (χ0n) is 17.5. The molecule has 3 rings (SSSR count). The number of rotatable bonds is 6. The number of aromatic nitrogens is 2. The number of aryl methyl sites for hydroxylation is 1. The average molecular weight is 397 g/mol. The van der Waals surface area contributed by atoms with E-state index in [2.05, 4.69) is 35.7 Å². The van der Waals surface area contributed by atoms with Crippen molar-refractivity contribution in [2.75, 3.05) is 0 Å². The molecule has 1 heterocycles. The van der Waals surface area contributed by atoms with Crippen LogP contribution in [0, 0.1) is 35.3 Å². The Morgan fingerprint density at radius 1 is 0.966 bits per heavy atom. The summed E-state index contributed by atoms with van der Waals surface area (Å²) in [5.74, 6) is 5.94. The molecular formula is C25H30F2N2. The molecule has 0 bridgehead atoms. The Morgan fingerprint density at radius 2 is 1.62 bits per heavy atom. The Kier molecular flexibility index (Phi) is 7.75. The lowest BCUT2D eigenvalue weighted by atomic mass is 9.80. The fraction of sp³-hybridized carbons (Fsp3) is 0.520. The Bertz CT molecular complexity index is 834. The van der Waals surface area contributed by atoms with Crippen LogP contribution >= 0.6 is 0 Å². The van der Waals surface area contributed by atoms with Gasteiger partial charge in [0.1, 0.15) is 11.6 Å². The Balaban J connectivity index is 1.70. The van der Waals surface area contributed by atoms with Crippen molar-refractivity contribution >= 4 is 0 Å². The van der Waals surface area contributed by atoms with Gasteiger partial charge in [-0.2, -0.15) is 0 Å². The van der Waals surface area contributed by atoms with Crippen LogP contribution in [0.5, 0.6) is 0 Å². The van der Waals surface area contributed by atoms with Gasteiger partial charge >= 0.3 is 0 Å². The van der Waals surface area contributed by atoms with E-state index in [4.69, 9.17) is 0 Å². The van der Waals surface area contributed by atoms with E-state index >= 15 is 0 Å². The maximum atomic E-state index is 14.6. The van der Waals surface area contributed by atoms with Gasteiger partial charge in [0.05, 0.1) is 5.56 Å². The van der Waals surface area contributed by atoms with Crippen LogP contribution < -0.4 is 0 Å². The van der Waals surface area contributed by atoms with Crippen molar-refractivity contribution in [1.82, 2.24) is 9.97 Å². The van der Waals surface area contributed by atoms with Crippen molar-refractivity contribution in [3.05, 3.63) is 47.3 Å². The Hall–Kier alpha value is -2.28. The summed E-state index contributed by atoms with van der Waals surface area (Å²) in [4.78, 5) is 8.55. The van der Waals surface area contributed by atoms with E-state index in [1.54, 1.807) is 12.4 Å². The van der Waals surface area contributed by atoms with Crippen molar-refractivity contribution in [2.24, 2.45) is 11.8 Å². The minimum absolute atomic E-state index is 0.149. The fourth-order valence-electron chi connectivity index (χ4n) is 4.01. The number of benzene rings is 1. The molecule has 0 radical (unpaired) electrons. The first kappa shape index (κ1) is 21.4. The second kappa shape index (κ2) is 10.5. The molecule has 0 aliphatic heterocycles. The van der Waals surface area contributed by atoms with E-state index in [9.17, 15) is 8.78 Å². The third-order valence-corrected chi connectivity index (χ3v) is 5.77. The van der Waals surface area contributed by atoms with Crippen LogP contribution in [-0.4, -0.2) is 9.97 Å². The molecule has 1 fully saturated rings. The van der Waals surface area contributed by atoms with Crippen LogP contribution in [-0.2, 0) is 6.42 Å². The molecule has 1 aliphatic carbocycles. The third-order valence-electron chi connectivity index (χ3n) is 5.77. The third kappa shape index (κ3) is 5.85. The van der Waals surface area contributed by atoms with E-state index < -0.39 is 11.6 Å². The molecule has 29 heavy (non-hydrogen) atoms. The lowest BCUT2D eigenvalue weighted by Crippen LogP contribution is -2.13. The van der Waals surface area contributed by atoms with Gasteiger partial charge in [0.25, 0.3) is 0 Å². The topological polar surface area (TPSA) is 25.8 Å². The molecule has 0 spiro atoms. The number of halogens is 2. The zero-order valence-corrected chi connectivity index (χ0v) is 17.5. The second-order valence-electron chi connectivity index (χ2n) is 8.11. The van der Waals surface area contributed by atoms with Crippen molar-refractivity contribution in [2.45, 2.75) is 71.6 Å². The highest BCUT2D eigenvalue weighted by Gasteiger charge is 2.19. The summed E-state index contributed by atoms with van der Waals surface area (Å²) in [6.45, 7) is 4.34. The fourth-order valence-corrected chi connectivity index (χ4v) is 4.01. The summed E-state index contributed by atoms with van der Waals surface area (Å²) < 4.78 is 29.1. The van der Waals surface area contributed by atoms with Crippen molar-refractivity contribution < 1.29 is 8.78 Å². The van der Waals surface area contributed by atoms with Crippen molar-refractivity contribution in [3.63, 3.8) is 0 Å². The van der Waals surface area contributed by atoms with Crippen molar-refractivity contribution in [3.8, 4) is 23.2 Å². The van der Waals surface area contributed by atoms with Gasteiger partial charge in [-0.15, -0.1) is 0 Å². The molecule has 154 valence electrons. The van der Waals surface area contributed by atoms with Crippen LogP contribution in [0.25, 0.3) is 11.4 Å². The van der Waals surface area contributed by atoms with E-state index in [0.717, 1.165) is 43.6 Å². The summed E-state index contributed by atoms with van der Waals surface area (Å²) in [6.07, 6.45) is 13.4. The molecule has 2 aromatic rings. The SMILES string of the molecule is CCCCc1cnc(-c2cc(F)c(C#C[C@H]3CC[C@H](CCC)CC3)c(F)c2)nc1. The van der Waals surface area contributed by atoms with Crippen LogP contribution in [0.4, 0.5) is 8.78 Å². The quantitative estimate of drug-likeness (QED) is 0.506. The van der Waals surface area contributed by atoms with Gasteiger partial charge in [0.2, 0.25) is 0 Å². The van der Waals surface area contributed by atoms with Crippen LogP contribution in [0.15, 0.2) is 24.5 Å². The molecule has 1 aromatic carbocycles. The Morgan fingerprint density at radius 3 is 2.21 bits per heavy atom. The van der Waals surface area contributed by atoms with Gasteiger partial charge in [-0.1, -0.05) is 45.0 Å². The number of nitrogens with zero attached hydrogens (tertiary/aromatic N) is 2. The molecule has 1 saturated carbocycles. The molecule has 0 saturated heterocycles. The lowest BCUT2D eigenvalue weighted by molar-refractivity contribution is 0.300. The highest BCUT2D eigenvalue weighted by molar-refractivity contribution is 5.57. The normalized spacial score (nSPS) is 18.9. The second-order valence-corrected chi connectivity index (χ2v) is 8.11. The lowest BCUT2D eigenvalue weighted by Gasteiger charge is -2.25. The minimum atomic E-state index is -0.647. The molecule has 0 atom stereocenters. The number of hydrogen-bond acceptors (Lipinski definition) is 2.